The van der Waals surface area contributed by atoms with Crippen molar-refractivity contribution in [2.24, 2.45) is 0 Å². The van der Waals surface area contributed by atoms with Gasteiger partial charge in [0.15, 0.2) is 5.13 Å². The van der Waals surface area contributed by atoms with Crippen molar-refractivity contribution in [2.45, 2.75) is 59.5 Å². The average molecular weight is 741 g/mol. The summed E-state index contributed by atoms with van der Waals surface area (Å²) < 4.78 is 32.9. The van der Waals surface area contributed by atoms with E-state index in [-0.39, 0.29) is 33.0 Å². The van der Waals surface area contributed by atoms with E-state index in [1.165, 1.54) is 13.8 Å². The third-order valence-corrected chi connectivity index (χ3v) is 7.44. The molecule has 0 aliphatic heterocycles. The SMILES string of the molecule is CC(=O)Nc1cc(NCCOCCOCCOCCOCCCCCOCCNC(=O)OC(C)(C)C)ccc1C(=O)Nc1nc(C)c([N+](=O)[O-])s1. The highest BCUT2D eigenvalue weighted by atomic mass is 32.1. The number of unbranched alkanes of at least 4 members (excludes halogenated alkanes) is 2. The van der Waals surface area contributed by atoms with Crippen LogP contribution in [0.4, 0.5) is 26.3 Å². The highest BCUT2D eigenvalue weighted by Gasteiger charge is 2.21. The predicted molar refractivity (Wildman–Crippen MR) is 193 cm³/mol. The molecule has 0 spiro atoms. The maximum atomic E-state index is 12.9. The Morgan fingerprint density at radius 2 is 1.39 bits per heavy atom. The van der Waals surface area contributed by atoms with Crippen LogP contribution in [0.2, 0.25) is 0 Å². The molecule has 51 heavy (non-hydrogen) atoms. The number of carbonyl (C=O) groups is 3. The van der Waals surface area contributed by atoms with Gasteiger partial charge in [-0.25, -0.2) is 9.78 Å². The lowest BCUT2D eigenvalue weighted by atomic mass is 10.1. The number of nitrogens with zero attached hydrogens (tertiary/aromatic N) is 2. The number of aromatic nitrogens is 1. The number of nitro groups is 1. The molecule has 3 amide bonds. The zero-order valence-corrected chi connectivity index (χ0v) is 30.9. The summed E-state index contributed by atoms with van der Waals surface area (Å²) in [5, 5.41) is 22.1. The maximum Gasteiger partial charge on any atom is 0.407 e. The summed E-state index contributed by atoms with van der Waals surface area (Å²) in [6, 6.07) is 4.84. The average Bonchev–Trinajstić information content (AvgIpc) is 3.42. The van der Waals surface area contributed by atoms with E-state index in [2.05, 4.69) is 26.3 Å². The number of nitrogens with one attached hydrogen (secondary N) is 4. The van der Waals surface area contributed by atoms with Gasteiger partial charge < -0.3 is 44.4 Å². The second kappa shape index (κ2) is 24.3. The van der Waals surface area contributed by atoms with E-state index in [4.69, 9.17) is 28.4 Å². The van der Waals surface area contributed by atoms with Crippen LogP contribution in [0.3, 0.4) is 0 Å². The Balaban J connectivity index is 1.45. The molecule has 0 unspecified atom stereocenters. The molecule has 0 bridgehead atoms. The van der Waals surface area contributed by atoms with Crippen molar-refractivity contribution in [2.75, 3.05) is 95.1 Å². The number of hydrogen-bond acceptors (Lipinski definition) is 14. The molecular weight excluding hydrogens is 688 g/mol. The van der Waals surface area contributed by atoms with E-state index in [9.17, 15) is 24.5 Å². The van der Waals surface area contributed by atoms with Gasteiger partial charge in [0.2, 0.25) is 5.91 Å². The van der Waals surface area contributed by atoms with Crippen molar-refractivity contribution in [3.63, 3.8) is 0 Å². The second-order valence-electron chi connectivity index (χ2n) is 12.0. The number of anilines is 3. The molecule has 0 saturated carbocycles. The Hall–Kier alpha value is -3.94. The Bertz CT molecular complexity index is 1370. The number of aryl methyl sites for hydroxylation is 1. The molecule has 0 atom stereocenters. The van der Waals surface area contributed by atoms with Gasteiger partial charge in [0, 0.05) is 38.9 Å². The van der Waals surface area contributed by atoms with Crippen LogP contribution in [-0.4, -0.2) is 113 Å². The first kappa shape index (κ1) is 43.2. The number of amides is 3. The molecule has 1 heterocycles. The van der Waals surface area contributed by atoms with E-state index in [0.29, 0.717) is 84.8 Å². The minimum atomic E-state index is -0.564. The van der Waals surface area contributed by atoms with Crippen LogP contribution in [0.5, 0.6) is 0 Å². The molecule has 2 rings (SSSR count). The molecule has 0 fully saturated rings. The van der Waals surface area contributed by atoms with E-state index >= 15 is 0 Å². The third-order valence-electron chi connectivity index (χ3n) is 6.42. The fourth-order valence-electron chi connectivity index (χ4n) is 4.18. The Labute approximate surface area is 302 Å². The molecule has 17 nitrogen and oxygen atoms in total. The zero-order valence-electron chi connectivity index (χ0n) is 30.1. The predicted octanol–water partition coefficient (Wildman–Crippen LogP) is 4.76. The summed E-state index contributed by atoms with van der Waals surface area (Å²) in [5.41, 5.74) is 0.800. The summed E-state index contributed by atoms with van der Waals surface area (Å²) in [6.07, 6.45) is 2.42. The van der Waals surface area contributed by atoms with E-state index in [1.54, 1.807) is 18.2 Å². The minimum Gasteiger partial charge on any atom is -0.444 e. The first-order valence-corrected chi connectivity index (χ1v) is 17.6. The number of hydrogen-bond donors (Lipinski definition) is 4. The van der Waals surface area contributed by atoms with Gasteiger partial charge >= 0.3 is 11.1 Å². The van der Waals surface area contributed by atoms with Gasteiger partial charge in [-0.05, 0) is 76.5 Å². The van der Waals surface area contributed by atoms with Gasteiger partial charge in [-0.3, -0.25) is 25.0 Å². The number of alkyl carbamates (subject to hydrolysis) is 1. The van der Waals surface area contributed by atoms with Crippen LogP contribution in [0.25, 0.3) is 0 Å². The molecule has 2 aromatic rings. The van der Waals surface area contributed by atoms with Crippen molar-refractivity contribution in [1.29, 1.82) is 0 Å². The second-order valence-corrected chi connectivity index (χ2v) is 13.0. The molecule has 18 heteroatoms. The number of benzene rings is 1. The summed E-state index contributed by atoms with van der Waals surface area (Å²) in [4.78, 5) is 50.7. The molecule has 286 valence electrons. The Kier molecular flexibility index (Phi) is 20.6. The van der Waals surface area contributed by atoms with Crippen LogP contribution >= 0.6 is 11.3 Å². The highest BCUT2D eigenvalue weighted by Crippen LogP contribution is 2.30. The molecule has 0 aliphatic carbocycles. The molecule has 4 N–H and O–H groups in total. The molecule has 0 aliphatic rings. The fourth-order valence-corrected chi connectivity index (χ4v) is 4.95. The van der Waals surface area contributed by atoms with Crippen LogP contribution in [0, 0.1) is 17.0 Å². The topological polar surface area (TPSA) is 211 Å². The lowest BCUT2D eigenvalue weighted by Gasteiger charge is -2.19. The van der Waals surface area contributed by atoms with Crippen LogP contribution in [0.1, 0.15) is 63.0 Å². The van der Waals surface area contributed by atoms with Gasteiger partial charge in [0.25, 0.3) is 5.91 Å². The maximum absolute atomic E-state index is 12.9. The summed E-state index contributed by atoms with van der Waals surface area (Å²) in [7, 11) is 0. The number of thiazole rings is 1. The number of ether oxygens (including phenoxy) is 6. The lowest BCUT2D eigenvalue weighted by molar-refractivity contribution is -0.380. The number of carbonyl (C=O) groups excluding carboxylic acids is 3. The first-order valence-electron chi connectivity index (χ1n) is 16.8. The van der Waals surface area contributed by atoms with Crippen molar-refractivity contribution < 1.29 is 47.7 Å². The standard InChI is InChI=1S/C33H52N6O11S/c1-24-30(39(43)44)51-31(36-24)38-29(41)27-10-9-26(23-28(27)37-25(2)40)34-11-15-47-18-20-49-22-21-48-19-17-46-14-8-6-7-13-45-16-12-35-32(42)50-33(3,4)5/h9-10,23,34H,6-8,11-22H2,1-5H3,(H,35,42)(H,37,40)(H,36,38,41). The monoisotopic (exact) mass is 740 g/mol. The smallest absolute Gasteiger partial charge is 0.407 e. The normalized spacial score (nSPS) is 11.2. The van der Waals surface area contributed by atoms with Gasteiger partial charge in [-0.15, -0.1) is 0 Å². The van der Waals surface area contributed by atoms with Crippen LogP contribution < -0.4 is 21.3 Å². The molecule has 0 saturated heterocycles. The summed E-state index contributed by atoms with van der Waals surface area (Å²) >= 11 is 0.758. The third kappa shape index (κ3) is 19.9. The van der Waals surface area contributed by atoms with Gasteiger partial charge in [0.05, 0.1) is 69.0 Å². The van der Waals surface area contributed by atoms with Crippen molar-refractivity contribution in [3.05, 3.63) is 39.6 Å². The zero-order chi connectivity index (χ0) is 37.5. The van der Waals surface area contributed by atoms with Gasteiger partial charge in [-0.2, -0.15) is 0 Å². The largest absolute Gasteiger partial charge is 0.444 e. The lowest BCUT2D eigenvalue weighted by Crippen LogP contribution is -2.34. The minimum absolute atomic E-state index is 0.0883. The van der Waals surface area contributed by atoms with Crippen molar-refractivity contribution >= 4 is 50.8 Å². The van der Waals surface area contributed by atoms with Crippen molar-refractivity contribution in [3.8, 4) is 0 Å². The van der Waals surface area contributed by atoms with E-state index in [0.717, 1.165) is 30.6 Å². The Morgan fingerprint density at radius 3 is 1.96 bits per heavy atom. The van der Waals surface area contributed by atoms with Crippen LogP contribution in [-0.2, 0) is 33.2 Å². The molecular formula is C33H52N6O11S. The molecule has 0 radical (unpaired) electrons. The van der Waals surface area contributed by atoms with Crippen LogP contribution in [0.15, 0.2) is 18.2 Å². The van der Waals surface area contributed by atoms with Gasteiger partial charge in [-0.1, -0.05) is 0 Å². The molecule has 1 aromatic carbocycles. The van der Waals surface area contributed by atoms with E-state index in [1.807, 2.05) is 20.8 Å². The van der Waals surface area contributed by atoms with Crippen molar-refractivity contribution in [1.82, 2.24) is 10.3 Å². The first-order chi connectivity index (χ1) is 24.4. The quantitative estimate of drug-likeness (QED) is 0.0583. The molecule has 1 aromatic heterocycles. The highest BCUT2D eigenvalue weighted by molar-refractivity contribution is 7.19. The summed E-state index contributed by atoms with van der Waals surface area (Å²) in [5.74, 6) is -0.927. The van der Waals surface area contributed by atoms with E-state index < -0.39 is 22.5 Å². The number of rotatable bonds is 26. The van der Waals surface area contributed by atoms with Gasteiger partial charge in [0.1, 0.15) is 11.3 Å². The summed E-state index contributed by atoms with van der Waals surface area (Å²) in [6.45, 7) is 14.0. The Morgan fingerprint density at radius 1 is 0.824 bits per heavy atom. The fraction of sp³-hybridized carbons (Fsp3) is 0.636.